The first-order valence-electron chi connectivity index (χ1n) is 9.02. The third kappa shape index (κ3) is 6.90. The van der Waals surface area contributed by atoms with Gasteiger partial charge in [0.15, 0.2) is 5.96 Å². The van der Waals surface area contributed by atoms with Crippen molar-refractivity contribution < 1.29 is 9.21 Å². The predicted molar refractivity (Wildman–Crippen MR) is 128 cm³/mol. The molecule has 0 unspecified atom stereocenters. The summed E-state index contributed by atoms with van der Waals surface area (Å²) in [6, 6.07) is 13.3. The minimum atomic E-state index is -0.131. The van der Waals surface area contributed by atoms with Crippen LogP contribution in [0.5, 0.6) is 0 Å². The molecule has 2 aromatic heterocycles. The molecule has 1 amide bonds. The van der Waals surface area contributed by atoms with Gasteiger partial charge in [-0.1, -0.05) is 12.1 Å². The molecular weight excluding hydrogens is 499 g/mol. The number of thiophene rings is 1. The second-order valence-corrected chi connectivity index (χ2v) is 7.27. The van der Waals surface area contributed by atoms with Crippen LogP contribution >= 0.6 is 35.3 Å². The zero-order chi connectivity index (χ0) is 19.8. The number of nitrogens with zero attached hydrogens (tertiary/aromatic N) is 1. The SMILES string of the molecule is CN=C(NCc1cccc(C(=O)NCc2ccco2)c1)NCc1sccc1C.I. The summed E-state index contributed by atoms with van der Waals surface area (Å²) in [5.41, 5.74) is 2.89. The van der Waals surface area contributed by atoms with Crippen LogP contribution in [-0.4, -0.2) is 18.9 Å². The first-order chi connectivity index (χ1) is 13.7. The third-order valence-electron chi connectivity index (χ3n) is 4.26. The van der Waals surface area contributed by atoms with E-state index in [1.54, 1.807) is 36.8 Å². The third-order valence-corrected chi connectivity index (χ3v) is 5.28. The number of aryl methyl sites for hydroxylation is 1. The summed E-state index contributed by atoms with van der Waals surface area (Å²) in [5, 5.41) is 11.5. The Morgan fingerprint density at radius 3 is 2.59 bits per heavy atom. The minimum Gasteiger partial charge on any atom is -0.467 e. The maximum atomic E-state index is 12.3. The number of halogens is 1. The Labute approximate surface area is 191 Å². The fourth-order valence-electron chi connectivity index (χ4n) is 2.66. The van der Waals surface area contributed by atoms with E-state index in [2.05, 4.69) is 39.3 Å². The van der Waals surface area contributed by atoms with Crippen LogP contribution in [0.15, 0.2) is 63.5 Å². The van der Waals surface area contributed by atoms with Gasteiger partial charge in [0.05, 0.1) is 19.4 Å². The lowest BCUT2D eigenvalue weighted by molar-refractivity contribution is 0.0948. The number of hydrogen-bond acceptors (Lipinski definition) is 4. The standard InChI is InChI=1S/C21H24N4O2S.HI/c1-15-8-10-28-19(15)14-25-21(22-2)24-12-16-5-3-6-17(11-16)20(26)23-13-18-7-4-9-27-18;/h3-11H,12-14H2,1-2H3,(H,23,26)(H2,22,24,25);1H. The number of hydrogen-bond donors (Lipinski definition) is 3. The maximum absolute atomic E-state index is 12.3. The van der Waals surface area contributed by atoms with Gasteiger partial charge < -0.3 is 20.4 Å². The van der Waals surface area contributed by atoms with Crippen molar-refractivity contribution in [1.29, 1.82) is 0 Å². The van der Waals surface area contributed by atoms with E-state index in [9.17, 15) is 4.79 Å². The van der Waals surface area contributed by atoms with Gasteiger partial charge in [-0.05, 0) is 53.8 Å². The number of benzene rings is 1. The van der Waals surface area contributed by atoms with Crippen LogP contribution in [0.4, 0.5) is 0 Å². The van der Waals surface area contributed by atoms with Gasteiger partial charge in [-0.2, -0.15) is 0 Å². The monoisotopic (exact) mass is 524 g/mol. The van der Waals surface area contributed by atoms with E-state index in [4.69, 9.17) is 4.42 Å². The molecule has 0 radical (unpaired) electrons. The topological polar surface area (TPSA) is 78.7 Å². The number of carbonyl (C=O) groups is 1. The van der Waals surface area contributed by atoms with Crippen molar-refractivity contribution >= 4 is 47.2 Å². The smallest absolute Gasteiger partial charge is 0.251 e. The van der Waals surface area contributed by atoms with Gasteiger partial charge in [0, 0.05) is 24.0 Å². The molecule has 3 aromatic rings. The highest BCUT2D eigenvalue weighted by molar-refractivity contribution is 14.0. The normalized spacial score (nSPS) is 10.9. The summed E-state index contributed by atoms with van der Waals surface area (Å²) in [6.45, 7) is 3.78. The van der Waals surface area contributed by atoms with E-state index >= 15 is 0 Å². The molecule has 0 saturated heterocycles. The maximum Gasteiger partial charge on any atom is 0.251 e. The van der Waals surface area contributed by atoms with Crippen molar-refractivity contribution in [3.8, 4) is 0 Å². The number of furan rings is 1. The summed E-state index contributed by atoms with van der Waals surface area (Å²) in [6.07, 6.45) is 1.59. The summed E-state index contributed by atoms with van der Waals surface area (Å²) in [7, 11) is 1.75. The van der Waals surface area contributed by atoms with Crippen LogP contribution in [0.25, 0.3) is 0 Å². The molecule has 0 aliphatic carbocycles. The van der Waals surface area contributed by atoms with Gasteiger partial charge in [0.25, 0.3) is 5.91 Å². The van der Waals surface area contributed by atoms with Crippen molar-refractivity contribution in [2.24, 2.45) is 4.99 Å². The number of carbonyl (C=O) groups excluding carboxylic acids is 1. The summed E-state index contributed by atoms with van der Waals surface area (Å²) in [4.78, 5) is 17.9. The fraction of sp³-hybridized carbons (Fsp3) is 0.238. The molecule has 0 aliphatic heterocycles. The molecular formula is C21H25IN4O2S. The molecule has 0 atom stereocenters. The lowest BCUT2D eigenvalue weighted by Gasteiger charge is -2.12. The van der Waals surface area contributed by atoms with Crippen molar-refractivity contribution in [3.05, 3.63) is 81.4 Å². The van der Waals surface area contributed by atoms with Crippen LogP contribution in [0.3, 0.4) is 0 Å². The second kappa shape index (κ2) is 11.6. The van der Waals surface area contributed by atoms with Crippen molar-refractivity contribution in [3.63, 3.8) is 0 Å². The van der Waals surface area contributed by atoms with Gasteiger partial charge >= 0.3 is 0 Å². The molecule has 8 heteroatoms. The highest BCUT2D eigenvalue weighted by atomic mass is 127. The fourth-order valence-corrected chi connectivity index (χ4v) is 3.51. The number of nitrogens with one attached hydrogen (secondary N) is 3. The Kier molecular flexibility index (Phi) is 9.20. The van der Waals surface area contributed by atoms with E-state index in [0.29, 0.717) is 18.7 Å². The molecule has 154 valence electrons. The molecule has 0 aliphatic rings. The molecule has 3 rings (SSSR count). The van der Waals surface area contributed by atoms with Crippen LogP contribution in [-0.2, 0) is 19.6 Å². The molecule has 6 nitrogen and oxygen atoms in total. The first-order valence-corrected chi connectivity index (χ1v) is 9.90. The van der Waals surface area contributed by atoms with Gasteiger partial charge in [-0.15, -0.1) is 35.3 Å². The summed E-state index contributed by atoms with van der Waals surface area (Å²) < 4.78 is 5.23. The molecule has 1 aromatic carbocycles. The summed E-state index contributed by atoms with van der Waals surface area (Å²) >= 11 is 1.73. The van der Waals surface area contributed by atoms with E-state index < -0.39 is 0 Å². The van der Waals surface area contributed by atoms with E-state index in [0.717, 1.165) is 23.8 Å². The molecule has 0 bridgehead atoms. The summed E-state index contributed by atoms with van der Waals surface area (Å²) in [5.74, 6) is 1.32. The number of guanidine groups is 1. The lowest BCUT2D eigenvalue weighted by Crippen LogP contribution is -2.36. The zero-order valence-electron chi connectivity index (χ0n) is 16.4. The molecule has 29 heavy (non-hydrogen) atoms. The second-order valence-electron chi connectivity index (χ2n) is 6.27. The Morgan fingerprint density at radius 2 is 1.90 bits per heavy atom. The van der Waals surface area contributed by atoms with Crippen molar-refractivity contribution in [1.82, 2.24) is 16.0 Å². The van der Waals surface area contributed by atoms with E-state index in [-0.39, 0.29) is 29.9 Å². The van der Waals surface area contributed by atoms with Crippen LogP contribution in [0.2, 0.25) is 0 Å². The highest BCUT2D eigenvalue weighted by Gasteiger charge is 2.08. The van der Waals surface area contributed by atoms with Crippen LogP contribution in [0.1, 0.15) is 32.1 Å². The lowest BCUT2D eigenvalue weighted by atomic mass is 10.1. The Morgan fingerprint density at radius 1 is 1.07 bits per heavy atom. The van der Waals surface area contributed by atoms with Crippen LogP contribution in [0, 0.1) is 6.92 Å². The van der Waals surface area contributed by atoms with Crippen molar-refractivity contribution in [2.75, 3.05) is 7.05 Å². The number of amides is 1. The van der Waals surface area contributed by atoms with Gasteiger partial charge in [0.2, 0.25) is 0 Å². The quantitative estimate of drug-likeness (QED) is 0.248. The van der Waals surface area contributed by atoms with Gasteiger partial charge in [-0.3, -0.25) is 9.79 Å². The predicted octanol–water partition coefficient (Wildman–Crippen LogP) is 4.06. The largest absolute Gasteiger partial charge is 0.467 e. The Hall–Kier alpha value is -2.33. The van der Waals surface area contributed by atoms with Crippen LogP contribution < -0.4 is 16.0 Å². The first kappa shape index (κ1) is 23.0. The zero-order valence-corrected chi connectivity index (χ0v) is 19.5. The van der Waals surface area contributed by atoms with E-state index in [1.807, 2.05) is 24.3 Å². The Bertz CT molecular complexity index is 938. The minimum absolute atomic E-state index is 0. The number of rotatable bonds is 7. The number of aliphatic imine (C=N–C) groups is 1. The molecule has 0 saturated carbocycles. The van der Waals surface area contributed by atoms with Gasteiger partial charge in [0.1, 0.15) is 5.76 Å². The Balaban J connectivity index is 0.00000300. The average molecular weight is 524 g/mol. The molecule has 0 spiro atoms. The average Bonchev–Trinajstić information content (AvgIpc) is 3.38. The molecule has 0 fully saturated rings. The molecule has 3 N–H and O–H groups in total. The molecule has 2 heterocycles. The van der Waals surface area contributed by atoms with Crippen molar-refractivity contribution in [2.45, 2.75) is 26.6 Å². The van der Waals surface area contributed by atoms with Gasteiger partial charge in [-0.25, -0.2) is 0 Å². The highest BCUT2D eigenvalue weighted by Crippen LogP contribution is 2.14. The van der Waals surface area contributed by atoms with E-state index in [1.165, 1.54) is 10.4 Å².